The number of hydrogen-bond donors (Lipinski definition) is 2. The largest absolute Gasteiger partial charge is 0.393 e. The number of aliphatic hydroxyl groups excluding tert-OH is 2. The molecule has 0 aromatic heterocycles. The van der Waals surface area contributed by atoms with Crippen LogP contribution in [0.3, 0.4) is 0 Å². The number of hydrogen-bond acceptors (Lipinski definition) is 3. The average molecular weight is 430 g/mol. The van der Waals surface area contributed by atoms with Crippen LogP contribution in [0.5, 0.6) is 0 Å². The fraction of sp³-hybridized carbons (Fsp3) is 0.929. The summed E-state index contributed by atoms with van der Waals surface area (Å²) in [4.78, 5) is 2.66. The second-order valence-corrected chi connectivity index (χ2v) is 12.9. The molecule has 3 heteroatoms. The molecule has 0 bridgehead atoms. The maximum Gasteiger partial charge on any atom is 0.0577 e. The molecule has 4 aliphatic carbocycles. The number of likely N-dealkylation sites (tertiary alicyclic amines) is 1. The first-order chi connectivity index (χ1) is 14.8. The minimum atomic E-state index is -0.235. The molecule has 31 heavy (non-hydrogen) atoms. The lowest BCUT2D eigenvalue weighted by Gasteiger charge is -2.62. The van der Waals surface area contributed by atoms with E-state index in [1.54, 1.807) is 0 Å². The van der Waals surface area contributed by atoms with Crippen LogP contribution < -0.4 is 0 Å². The Hall–Kier alpha value is -0.380. The van der Waals surface area contributed by atoms with Crippen LogP contribution in [0.25, 0.3) is 0 Å². The van der Waals surface area contributed by atoms with E-state index in [0.29, 0.717) is 47.0 Å². The Labute approximate surface area is 190 Å². The molecule has 0 spiro atoms. The molecule has 5 aliphatic rings. The first kappa shape index (κ1) is 22.4. The third-order valence-electron chi connectivity index (χ3n) is 11.5. The molecular formula is C28H47NO2. The first-order valence-corrected chi connectivity index (χ1v) is 13.5. The van der Waals surface area contributed by atoms with E-state index in [9.17, 15) is 10.2 Å². The Morgan fingerprint density at radius 2 is 1.68 bits per heavy atom. The molecular weight excluding hydrogens is 382 g/mol. The van der Waals surface area contributed by atoms with Crippen LogP contribution in [0.15, 0.2) is 12.2 Å². The van der Waals surface area contributed by atoms with Crippen LogP contribution in [-0.2, 0) is 0 Å². The second kappa shape index (κ2) is 8.13. The predicted octanol–water partition coefficient (Wildman–Crippen LogP) is 5.26. The van der Waals surface area contributed by atoms with Crippen molar-refractivity contribution in [3.05, 3.63) is 12.2 Å². The van der Waals surface area contributed by atoms with Gasteiger partial charge in [-0.1, -0.05) is 45.8 Å². The van der Waals surface area contributed by atoms with Gasteiger partial charge in [0.2, 0.25) is 0 Å². The summed E-state index contributed by atoms with van der Waals surface area (Å²) in [5, 5.41) is 21.5. The highest BCUT2D eigenvalue weighted by molar-refractivity contribution is 5.21. The first-order valence-electron chi connectivity index (χ1n) is 13.5. The van der Waals surface area contributed by atoms with Gasteiger partial charge in [-0.05, 0) is 111 Å². The summed E-state index contributed by atoms with van der Waals surface area (Å²) in [6.07, 6.45) is 16.7. The number of fused-ring (bicyclic) bond motifs is 5. The smallest absolute Gasteiger partial charge is 0.0577 e. The van der Waals surface area contributed by atoms with E-state index >= 15 is 0 Å². The van der Waals surface area contributed by atoms with Crippen molar-refractivity contribution in [2.45, 2.75) is 103 Å². The molecule has 0 unspecified atom stereocenters. The van der Waals surface area contributed by atoms with Gasteiger partial charge in [-0.25, -0.2) is 0 Å². The molecule has 4 fully saturated rings. The summed E-state index contributed by atoms with van der Waals surface area (Å²) in [7, 11) is 2.36. The van der Waals surface area contributed by atoms with Crippen LogP contribution in [0.4, 0.5) is 0 Å². The Kier molecular flexibility index (Phi) is 5.88. The van der Waals surface area contributed by atoms with E-state index in [4.69, 9.17) is 0 Å². The van der Waals surface area contributed by atoms with Gasteiger partial charge in [-0.2, -0.15) is 0 Å². The van der Waals surface area contributed by atoms with E-state index in [2.05, 4.69) is 44.9 Å². The Morgan fingerprint density at radius 3 is 2.48 bits per heavy atom. The molecule has 0 radical (unpaired) electrons. The third-order valence-corrected chi connectivity index (χ3v) is 11.5. The van der Waals surface area contributed by atoms with Crippen molar-refractivity contribution in [1.29, 1.82) is 0 Å². The summed E-state index contributed by atoms with van der Waals surface area (Å²) in [5.41, 5.74) is 0.562. The lowest BCUT2D eigenvalue weighted by atomic mass is 9.43. The number of aliphatic hydroxyl groups is 2. The molecule has 0 aromatic rings. The van der Waals surface area contributed by atoms with Gasteiger partial charge in [0.25, 0.3) is 0 Å². The van der Waals surface area contributed by atoms with Crippen molar-refractivity contribution < 1.29 is 10.2 Å². The van der Waals surface area contributed by atoms with Gasteiger partial charge in [-0.15, -0.1) is 0 Å². The Bertz CT molecular complexity index is 692. The Morgan fingerprint density at radius 1 is 0.903 bits per heavy atom. The van der Waals surface area contributed by atoms with Gasteiger partial charge in [-0.3, -0.25) is 0 Å². The molecule has 0 aromatic carbocycles. The second-order valence-electron chi connectivity index (χ2n) is 12.9. The monoisotopic (exact) mass is 429 g/mol. The topological polar surface area (TPSA) is 43.7 Å². The molecule has 1 aliphatic heterocycles. The van der Waals surface area contributed by atoms with Crippen molar-refractivity contribution in [2.24, 2.45) is 46.3 Å². The van der Waals surface area contributed by atoms with E-state index in [-0.39, 0.29) is 17.6 Å². The Balaban J connectivity index is 1.38. The van der Waals surface area contributed by atoms with Crippen LogP contribution in [-0.4, -0.2) is 47.0 Å². The van der Waals surface area contributed by atoms with Crippen LogP contribution in [0.1, 0.15) is 85.0 Å². The minimum absolute atomic E-state index is 0.202. The molecule has 11 atom stereocenters. The summed E-state index contributed by atoms with van der Waals surface area (Å²) >= 11 is 0. The molecule has 1 heterocycles. The predicted molar refractivity (Wildman–Crippen MR) is 127 cm³/mol. The van der Waals surface area contributed by atoms with E-state index < -0.39 is 0 Å². The quantitative estimate of drug-likeness (QED) is 0.588. The van der Waals surface area contributed by atoms with Crippen molar-refractivity contribution >= 4 is 0 Å². The lowest BCUT2D eigenvalue weighted by Crippen LogP contribution is -2.58. The number of nitrogens with zero attached hydrogens (tertiary/aromatic N) is 1. The highest BCUT2D eigenvalue weighted by atomic mass is 16.3. The zero-order chi connectivity index (χ0) is 22.0. The van der Waals surface area contributed by atoms with Crippen molar-refractivity contribution in [3.63, 3.8) is 0 Å². The standard InChI is InChI=1S/C28H47NO2/c1-18(25-8-6-5-7-15-29(25)4)21-9-10-22-20-17-26(31)24-16-19(30)11-13-28(24,3)23(20)12-14-27(21,22)2/h9-10,18-26,30-31H,5-8,11-17H2,1-4H3/t18-,19+,20+,21-,22+,23+,24-,25+,26-,27-,28-/m1/s1. The molecule has 3 saturated carbocycles. The number of allylic oxidation sites excluding steroid dienone is 2. The molecule has 1 saturated heterocycles. The summed E-state index contributed by atoms with van der Waals surface area (Å²) in [6, 6.07) is 0.712. The van der Waals surface area contributed by atoms with Crippen LogP contribution >= 0.6 is 0 Å². The number of rotatable bonds is 2. The zero-order valence-corrected chi connectivity index (χ0v) is 20.5. The summed E-state index contributed by atoms with van der Waals surface area (Å²) in [6.45, 7) is 8.85. The highest BCUT2D eigenvalue weighted by Crippen LogP contribution is 2.66. The summed E-state index contributed by atoms with van der Waals surface area (Å²) in [5.74, 6) is 3.61. The third kappa shape index (κ3) is 3.48. The fourth-order valence-corrected chi connectivity index (χ4v) is 9.73. The van der Waals surface area contributed by atoms with Gasteiger partial charge < -0.3 is 15.1 Å². The highest BCUT2D eigenvalue weighted by Gasteiger charge is 2.61. The molecule has 176 valence electrons. The minimum Gasteiger partial charge on any atom is -0.393 e. The van der Waals surface area contributed by atoms with Crippen molar-refractivity contribution in [1.82, 2.24) is 4.90 Å². The fourth-order valence-electron chi connectivity index (χ4n) is 9.73. The van der Waals surface area contributed by atoms with E-state index in [1.165, 1.54) is 45.1 Å². The van der Waals surface area contributed by atoms with Gasteiger partial charge in [0.1, 0.15) is 0 Å². The zero-order valence-electron chi connectivity index (χ0n) is 20.5. The van der Waals surface area contributed by atoms with Gasteiger partial charge in [0, 0.05) is 6.04 Å². The average Bonchev–Trinajstić information content (AvgIpc) is 2.94. The van der Waals surface area contributed by atoms with E-state index in [0.717, 1.165) is 25.7 Å². The van der Waals surface area contributed by atoms with E-state index in [1.807, 2.05) is 0 Å². The molecule has 5 rings (SSSR count). The van der Waals surface area contributed by atoms with Crippen molar-refractivity contribution in [3.8, 4) is 0 Å². The summed E-state index contributed by atoms with van der Waals surface area (Å²) < 4.78 is 0. The van der Waals surface area contributed by atoms with Crippen LogP contribution in [0, 0.1) is 46.3 Å². The normalized spacial score (nSPS) is 53.9. The molecule has 2 N–H and O–H groups in total. The van der Waals surface area contributed by atoms with Gasteiger partial charge in [0.15, 0.2) is 0 Å². The lowest BCUT2D eigenvalue weighted by molar-refractivity contribution is -0.168. The molecule has 3 nitrogen and oxygen atoms in total. The maximum atomic E-state index is 11.2. The maximum absolute atomic E-state index is 11.2. The SMILES string of the molecule is C[C@H]([C@H]1C=C[C@H]2[C@@H]3C[C@@H](O)[C@H]4C[C@@H](O)CC[C@]4(C)[C@H]3CC[C@]12C)[C@@H]1CCCCCN1C. The van der Waals surface area contributed by atoms with Crippen LogP contribution in [0.2, 0.25) is 0 Å². The van der Waals surface area contributed by atoms with Crippen molar-refractivity contribution in [2.75, 3.05) is 13.6 Å². The molecule has 0 amide bonds. The van der Waals surface area contributed by atoms with Gasteiger partial charge in [0.05, 0.1) is 12.2 Å². The van der Waals surface area contributed by atoms with Gasteiger partial charge >= 0.3 is 0 Å².